The molecule has 2 atom stereocenters. The number of nitrogens with zero attached hydrogens (tertiary/aromatic N) is 2. The molecule has 2 unspecified atom stereocenters. The fraction of sp³-hybridized carbons (Fsp3) is 0.536. The molecule has 156 valence electrons. The lowest BCUT2D eigenvalue weighted by molar-refractivity contribution is 0.0212. The first-order valence-electron chi connectivity index (χ1n) is 12.2. The number of aliphatic imine (C=N–C) groups is 1. The summed E-state index contributed by atoms with van der Waals surface area (Å²) in [4.78, 5) is 8.28. The second-order valence-electron chi connectivity index (χ2n) is 10.4. The van der Waals surface area contributed by atoms with Crippen molar-refractivity contribution >= 4 is 6.21 Å². The van der Waals surface area contributed by atoms with Gasteiger partial charge in [0.1, 0.15) is 0 Å². The normalized spacial score (nSPS) is 37.4. The average molecular weight is 399 g/mol. The molecule has 30 heavy (non-hydrogen) atoms. The summed E-state index contributed by atoms with van der Waals surface area (Å²) in [5.74, 6) is 2.14. The Hall–Kier alpha value is -1.93. The van der Waals surface area contributed by atoms with Crippen molar-refractivity contribution in [3.05, 3.63) is 71.8 Å². The molecule has 2 aromatic rings. The first-order chi connectivity index (χ1) is 14.8. The van der Waals surface area contributed by atoms with Gasteiger partial charge in [0.2, 0.25) is 0 Å². The highest BCUT2D eigenvalue weighted by atomic mass is 15.2. The Morgan fingerprint density at radius 3 is 1.97 bits per heavy atom. The van der Waals surface area contributed by atoms with Crippen molar-refractivity contribution in [1.29, 1.82) is 0 Å². The van der Waals surface area contributed by atoms with Crippen LogP contribution in [0.15, 0.2) is 65.7 Å². The van der Waals surface area contributed by atoms with Gasteiger partial charge in [-0.05, 0) is 81.0 Å². The number of hydrogen-bond donors (Lipinski definition) is 0. The van der Waals surface area contributed by atoms with E-state index in [0.29, 0.717) is 23.4 Å². The summed E-state index contributed by atoms with van der Waals surface area (Å²) in [6, 6.07) is 23.4. The van der Waals surface area contributed by atoms with Gasteiger partial charge in [0.05, 0.1) is 6.04 Å². The Labute approximate surface area is 181 Å². The summed E-state index contributed by atoms with van der Waals surface area (Å²) in [6.45, 7) is 2.48. The van der Waals surface area contributed by atoms with E-state index in [2.05, 4.69) is 71.8 Å². The lowest BCUT2D eigenvalue weighted by Gasteiger charge is -2.52. The molecular weight excluding hydrogens is 364 g/mol. The molecule has 5 fully saturated rings. The Morgan fingerprint density at radius 1 is 0.833 bits per heavy atom. The lowest BCUT2D eigenvalue weighted by atomic mass is 9.70. The van der Waals surface area contributed by atoms with Crippen molar-refractivity contribution in [1.82, 2.24) is 4.90 Å². The van der Waals surface area contributed by atoms with Crippen LogP contribution in [0.3, 0.4) is 0 Å². The molecule has 0 aromatic heterocycles. The van der Waals surface area contributed by atoms with Gasteiger partial charge in [-0.15, -0.1) is 0 Å². The molecule has 0 amide bonds. The standard InChI is InChI=1S/C28H34N2/c1-3-7-22(8-4-1)25(23-9-5-2-6-10-23)27-26(24-13-17-30(27)18-14-24)29-20-28-15-11-21(19-28)12-16-28/h1-10,20-21,24-27H,11-19H2/t21-,26?,27?,28-. The SMILES string of the molecule is c1ccc(C(c2ccccc2)C2C(N=C[C@]34CC[C@H](CC3)C4)C3CCN2CC3)cc1. The molecule has 0 spiro atoms. The van der Waals surface area contributed by atoms with Crippen LogP contribution in [0.25, 0.3) is 0 Å². The first-order valence-corrected chi connectivity index (χ1v) is 12.2. The molecule has 3 aliphatic heterocycles. The summed E-state index contributed by atoms with van der Waals surface area (Å²) in [7, 11) is 0. The number of piperidine rings is 3. The van der Waals surface area contributed by atoms with Gasteiger partial charge in [-0.2, -0.15) is 0 Å². The van der Waals surface area contributed by atoms with Gasteiger partial charge in [-0.1, -0.05) is 60.7 Å². The van der Waals surface area contributed by atoms with Crippen LogP contribution in [0.2, 0.25) is 0 Å². The van der Waals surface area contributed by atoms with E-state index >= 15 is 0 Å². The molecule has 2 aromatic carbocycles. The van der Waals surface area contributed by atoms with Gasteiger partial charge in [0, 0.05) is 23.6 Å². The van der Waals surface area contributed by atoms with E-state index in [0.717, 1.165) is 11.8 Å². The maximum Gasteiger partial charge on any atom is 0.0689 e. The summed E-state index contributed by atoms with van der Waals surface area (Å²) in [5.41, 5.74) is 3.33. The zero-order valence-electron chi connectivity index (χ0n) is 18.0. The first kappa shape index (κ1) is 18.8. The van der Waals surface area contributed by atoms with Crippen LogP contribution in [-0.2, 0) is 0 Å². The third kappa shape index (κ3) is 3.24. The summed E-state index contributed by atoms with van der Waals surface area (Å²) < 4.78 is 0. The summed E-state index contributed by atoms with van der Waals surface area (Å²) >= 11 is 0. The predicted octanol–water partition coefficient (Wildman–Crippen LogP) is 5.93. The smallest absolute Gasteiger partial charge is 0.0689 e. The highest BCUT2D eigenvalue weighted by Gasteiger charge is 2.48. The molecule has 2 heteroatoms. The molecule has 0 N–H and O–H groups in total. The van der Waals surface area contributed by atoms with Crippen molar-refractivity contribution in [3.63, 3.8) is 0 Å². The van der Waals surface area contributed by atoms with Crippen molar-refractivity contribution in [2.45, 2.75) is 62.9 Å². The number of benzene rings is 2. The average Bonchev–Trinajstić information content (AvgIpc) is 3.42. The van der Waals surface area contributed by atoms with Crippen molar-refractivity contribution in [3.8, 4) is 0 Å². The molecule has 3 heterocycles. The highest BCUT2D eigenvalue weighted by molar-refractivity contribution is 5.67. The van der Waals surface area contributed by atoms with E-state index in [-0.39, 0.29) is 0 Å². The van der Waals surface area contributed by atoms with E-state index < -0.39 is 0 Å². The van der Waals surface area contributed by atoms with Gasteiger partial charge in [0.15, 0.2) is 0 Å². The van der Waals surface area contributed by atoms with Crippen LogP contribution in [0.4, 0.5) is 0 Å². The van der Waals surface area contributed by atoms with Crippen LogP contribution < -0.4 is 0 Å². The summed E-state index contributed by atoms with van der Waals surface area (Å²) in [6.07, 6.45) is 12.2. The van der Waals surface area contributed by atoms with Crippen LogP contribution in [0.1, 0.15) is 62.0 Å². The monoisotopic (exact) mass is 398 g/mol. The molecule has 5 aliphatic rings. The third-order valence-electron chi connectivity index (χ3n) is 8.80. The Bertz CT molecular complexity index is 834. The largest absolute Gasteiger partial charge is 0.297 e. The molecule has 4 bridgehead atoms. The van der Waals surface area contributed by atoms with Crippen molar-refractivity contribution in [2.75, 3.05) is 13.1 Å². The minimum absolute atomic E-state index is 0.398. The number of fused-ring (bicyclic) bond motifs is 5. The van der Waals surface area contributed by atoms with Gasteiger partial charge >= 0.3 is 0 Å². The van der Waals surface area contributed by atoms with E-state index in [1.54, 1.807) is 0 Å². The predicted molar refractivity (Wildman–Crippen MR) is 124 cm³/mol. The van der Waals surface area contributed by atoms with Gasteiger partial charge in [-0.25, -0.2) is 0 Å². The maximum absolute atomic E-state index is 5.50. The second-order valence-corrected chi connectivity index (χ2v) is 10.4. The number of hydrogen-bond acceptors (Lipinski definition) is 2. The molecule has 0 radical (unpaired) electrons. The minimum atomic E-state index is 0.398. The van der Waals surface area contributed by atoms with Crippen LogP contribution in [0, 0.1) is 17.3 Å². The highest BCUT2D eigenvalue weighted by Crippen LogP contribution is 2.53. The molecule has 2 saturated carbocycles. The third-order valence-corrected chi connectivity index (χ3v) is 8.80. The zero-order valence-corrected chi connectivity index (χ0v) is 18.0. The Morgan fingerprint density at radius 2 is 1.43 bits per heavy atom. The number of rotatable bonds is 5. The fourth-order valence-electron chi connectivity index (χ4n) is 7.24. The van der Waals surface area contributed by atoms with E-state index in [1.807, 2.05) is 0 Å². The molecular formula is C28H34N2. The van der Waals surface area contributed by atoms with Gasteiger partial charge in [-0.3, -0.25) is 9.89 Å². The fourth-order valence-corrected chi connectivity index (χ4v) is 7.24. The van der Waals surface area contributed by atoms with E-state index in [1.165, 1.54) is 69.2 Å². The molecule has 2 nitrogen and oxygen atoms in total. The van der Waals surface area contributed by atoms with Crippen molar-refractivity contribution < 1.29 is 0 Å². The van der Waals surface area contributed by atoms with Crippen LogP contribution in [-0.4, -0.2) is 36.3 Å². The van der Waals surface area contributed by atoms with Gasteiger partial charge in [0.25, 0.3) is 0 Å². The topological polar surface area (TPSA) is 15.6 Å². The maximum atomic E-state index is 5.50. The Kier molecular flexibility index (Phi) is 4.79. The Balaban J connectivity index is 1.39. The summed E-state index contributed by atoms with van der Waals surface area (Å²) in [5, 5.41) is 0. The molecule has 7 rings (SSSR count). The minimum Gasteiger partial charge on any atom is -0.297 e. The zero-order chi connectivity index (χ0) is 20.0. The quantitative estimate of drug-likeness (QED) is 0.570. The van der Waals surface area contributed by atoms with Crippen LogP contribution >= 0.6 is 0 Å². The second kappa shape index (κ2) is 7.64. The lowest BCUT2D eigenvalue weighted by Crippen LogP contribution is -2.59. The van der Waals surface area contributed by atoms with E-state index in [9.17, 15) is 0 Å². The molecule has 2 aliphatic carbocycles. The van der Waals surface area contributed by atoms with Crippen molar-refractivity contribution in [2.24, 2.45) is 22.2 Å². The van der Waals surface area contributed by atoms with E-state index in [4.69, 9.17) is 4.99 Å². The van der Waals surface area contributed by atoms with Crippen LogP contribution in [0.5, 0.6) is 0 Å². The molecule has 3 saturated heterocycles. The van der Waals surface area contributed by atoms with Gasteiger partial charge < -0.3 is 0 Å².